The Hall–Kier alpha value is -0.550. The van der Waals surface area contributed by atoms with Gasteiger partial charge in [-0.3, -0.25) is 0 Å². The average Bonchev–Trinajstić information content (AvgIpc) is 2.77. The molecule has 0 spiro atoms. The summed E-state index contributed by atoms with van der Waals surface area (Å²) >= 11 is 1.81. The van der Waals surface area contributed by atoms with E-state index in [1.165, 1.54) is 19.3 Å². The van der Waals surface area contributed by atoms with Crippen LogP contribution < -0.4 is 5.73 Å². The van der Waals surface area contributed by atoms with Crippen molar-refractivity contribution < 1.29 is 4.52 Å². The zero-order valence-electron chi connectivity index (χ0n) is 10.4. The van der Waals surface area contributed by atoms with E-state index in [9.17, 15) is 0 Å². The van der Waals surface area contributed by atoms with Gasteiger partial charge < -0.3 is 10.3 Å². The number of rotatable bonds is 5. The Morgan fingerprint density at radius 3 is 3.00 bits per heavy atom. The van der Waals surface area contributed by atoms with Crippen molar-refractivity contribution in [3.8, 4) is 0 Å². The second-order valence-corrected chi connectivity index (χ2v) is 5.93. The lowest BCUT2D eigenvalue weighted by atomic mass is 9.83. The van der Waals surface area contributed by atoms with Crippen molar-refractivity contribution in [3.63, 3.8) is 0 Å². The van der Waals surface area contributed by atoms with E-state index < -0.39 is 0 Å². The molecule has 0 aliphatic heterocycles. The van der Waals surface area contributed by atoms with Gasteiger partial charge in [0.2, 0.25) is 5.89 Å². The van der Waals surface area contributed by atoms with Crippen molar-refractivity contribution in [2.75, 3.05) is 5.75 Å². The molecule has 0 radical (unpaired) electrons. The first-order chi connectivity index (χ1) is 8.29. The van der Waals surface area contributed by atoms with Gasteiger partial charge in [-0.15, -0.1) is 0 Å². The van der Waals surface area contributed by atoms with Crippen LogP contribution in [-0.4, -0.2) is 21.9 Å². The lowest BCUT2D eigenvalue weighted by Gasteiger charge is -2.27. The van der Waals surface area contributed by atoms with Gasteiger partial charge in [-0.05, 0) is 24.5 Å². The van der Waals surface area contributed by atoms with E-state index in [1.54, 1.807) is 0 Å². The Bertz CT molecular complexity index is 342. The molecular formula is C12H21N3OS. The number of thioether (sulfide) groups is 1. The zero-order valence-corrected chi connectivity index (χ0v) is 11.2. The Morgan fingerprint density at radius 1 is 1.41 bits per heavy atom. The van der Waals surface area contributed by atoms with E-state index >= 15 is 0 Å². The number of hydrogen-bond acceptors (Lipinski definition) is 5. The van der Waals surface area contributed by atoms with E-state index in [0.29, 0.717) is 12.0 Å². The van der Waals surface area contributed by atoms with Crippen LogP contribution in [0, 0.1) is 5.92 Å². The highest BCUT2D eigenvalue weighted by molar-refractivity contribution is 7.98. The lowest BCUT2D eigenvalue weighted by molar-refractivity contribution is 0.273. The molecule has 0 amide bonds. The summed E-state index contributed by atoms with van der Waals surface area (Å²) in [7, 11) is 0. The van der Waals surface area contributed by atoms with Gasteiger partial charge in [0.25, 0.3) is 0 Å². The minimum absolute atomic E-state index is 0.309. The normalized spacial score (nSPS) is 25.1. The van der Waals surface area contributed by atoms with Gasteiger partial charge in [-0.1, -0.05) is 24.9 Å². The number of nitrogens with two attached hydrogens (primary N) is 1. The monoisotopic (exact) mass is 255 g/mol. The van der Waals surface area contributed by atoms with Crippen molar-refractivity contribution >= 4 is 11.8 Å². The number of hydrogen-bond donors (Lipinski definition) is 1. The minimum Gasteiger partial charge on any atom is -0.339 e. The molecule has 2 unspecified atom stereocenters. The van der Waals surface area contributed by atoms with Crippen LogP contribution in [0.1, 0.15) is 44.3 Å². The quantitative estimate of drug-likeness (QED) is 0.875. The molecule has 96 valence electrons. The predicted octanol–water partition coefficient (Wildman–Crippen LogP) is 2.38. The third-order valence-electron chi connectivity index (χ3n) is 3.35. The van der Waals surface area contributed by atoms with Gasteiger partial charge in [-0.25, -0.2) is 0 Å². The summed E-state index contributed by atoms with van der Waals surface area (Å²) in [5, 5.41) is 4.00. The molecule has 4 nitrogen and oxygen atoms in total. The largest absolute Gasteiger partial charge is 0.339 e. The van der Waals surface area contributed by atoms with Gasteiger partial charge in [-0.2, -0.15) is 16.7 Å². The van der Waals surface area contributed by atoms with Gasteiger partial charge in [0.05, 0.1) is 5.75 Å². The number of nitrogens with zero attached hydrogens (tertiary/aromatic N) is 2. The van der Waals surface area contributed by atoms with Crippen molar-refractivity contribution in [1.29, 1.82) is 0 Å². The van der Waals surface area contributed by atoms with Crippen molar-refractivity contribution in [2.45, 2.75) is 50.8 Å². The van der Waals surface area contributed by atoms with Crippen LogP contribution in [-0.2, 0) is 12.2 Å². The summed E-state index contributed by atoms with van der Waals surface area (Å²) in [6.45, 7) is 2.13. The molecule has 2 atom stereocenters. The molecule has 1 fully saturated rings. The van der Waals surface area contributed by atoms with Gasteiger partial charge >= 0.3 is 0 Å². The van der Waals surface area contributed by atoms with Crippen molar-refractivity contribution in [2.24, 2.45) is 11.7 Å². The maximum atomic E-state index is 6.12. The van der Waals surface area contributed by atoms with Crippen LogP contribution in [0.3, 0.4) is 0 Å². The van der Waals surface area contributed by atoms with Gasteiger partial charge in [0.15, 0.2) is 5.82 Å². The van der Waals surface area contributed by atoms with Crippen LogP contribution in [0.15, 0.2) is 4.52 Å². The summed E-state index contributed by atoms with van der Waals surface area (Å²) in [5.74, 6) is 4.03. The molecule has 0 bridgehead atoms. The second-order valence-electron chi connectivity index (χ2n) is 4.65. The highest BCUT2D eigenvalue weighted by atomic mass is 32.2. The molecular weight excluding hydrogens is 234 g/mol. The summed E-state index contributed by atoms with van der Waals surface area (Å²) in [6.07, 6.45) is 5.73. The molecule has 1 heterocycles. The molecule has 1 aromatic heterocycles. The molecule has 0 aromatic carbocycles. The fourth-order valence-electron chi connectivity index (χ4n) is 2.34. The summed E-state index contributed by atoms with van der Waals surface area (Å²) in [6, 6.07) is 0.309. The van der Waals surface area contributed by atoms with E-state index in [2.05, 4.69) is 17.1 Å². The van der Waals surface area contributed by atoms with Crippen LogP contribution in [0.4, 0.5) is 0 Å². The molecule has 2 N–H and O–H groups in total. The third kappa shape index (κ3) is 3.71. The van der Waals surface area contributed by atoms with Crippen LogP contribution in [0.25, 0.3) is 0 Å². The Balaban J connectivity index is 1.87. The minimum atomic E-state index is 0.309. The smallest absolute Gasteiger partial charge is 0.227 e. The Labute approximate surface area is 107 Å². The molecule has 1 aliphatic carbocycles. The SMILES string of the molecule is CCSCc1noc(CC2CCCCC2N)n1. The molecule has 1 aromatic rings. The van der Waals surface area contributed by atoms with E-state index in [0.717, 1.165) is 36.1 Å². The van der Waals surface area contributed by atoms with Crippen LogP contribution in [0.2, 0.25) is 0 Å². The van der Waals surface area contributed by atoms with Crippen molar-refractivity contribution in [1.82, 2.24) is 10.1 Å². The molecule has 0 saturated heterocycles. The number of aromatic nitrogens is 2. The average molecular weight is 255 g/mol. The first kappa shape index (κ1) is 12.9. The fraction of sp³-hybridized carbons (Fsp3) is 0.833. The standard InChI is InChI=1S/C12H21N3OS/c1-2-17-8-11-14-12(16-15-11)7-9-5-3-4-6-10(9)13/h9-10H,2-8,13H2,1H3. The molecule has 17 heavy (non-hydrogen) atoms. The predicted molar refractivity (Wildman–Crippen MR) is 69.8 cm³/mol. The van der Waals surface area contributed by atoms with E-state index in [4.69, 9.17) is 10.3 Å². The maximum Gasteiger partial charge on any atom is 0.227 e. The summed E-state index contributed by atoms with van der Waals surface area (Å²) in [5.41, 5.74) is 6.12. The third-order valence-corrected chi connectivity index (χ3v) is 4.22. The highest BCUT2D eigenvalue weighted by Gasteiger charge is 2.24. The van der Waals surface area contributed by atoms with Crippen LogP contribution in [0.5, 0.6) is 0 Å². The highest BCUT2D eigenvalue weighted by Crippen LogP contribution is 2.25. The lowest BCUT2D eigenvalue weighted by Crippen LogP contribution is -2.34. The van der Waals surface area contributed by atoms with E-state index in [1.807, 2.05) is 11.8 Å². The topological polar surface area (TPSA) is 64.9 Å². The molecule has 1 aliphatic rings. The first-order valence-corrected chi connectivity index (χ1v) is 7.60. The first-order valence-electron chi connectivity index (χ1n) is 6.44. The van der Waals surface area contributed by atoms with Gasteiger partial charge in [0, 0.05) is 12.5 Å². The Morgan fingerprint density at radius 2 is 2.24 bits per heavy atom. The van der Waals surface area contributed by atoms with Gasteiger partial charge in [0.1, 0.15) is 0 Å². The molecule has 5 heteroatoms. The van der Waals surface area contributed by atoms with Crippen molar-refractivity contribution in [3.05, 3.63) is 11.7 Å². The zero-order chi connectivity index (χ0) is 12.1. The summed E-state index contributed by atoms with van der Waals surface area (Å²) < 4.78 is 5.28. The Kier molecular flexibility index (Phi) is 4.86. The van der Waals surface area contributed by atoms with Crippen LogP contribution >= 0.6 is 11.8 Å². The fourth-order valence-corrected chi connectivity index (χ4v) is 2.84. The molecule has 2 rings (SSSR count). The summed E-state index contributed by atoms with van der Waals surface area (Å²) in [4.78, 5) is 4.42. The molecule has 1 saturated carbocycles. The van der Waals surface area contributed by atoms with E-state index in [-0.39, 0.29) is 0 Å². The maximum absolute atomic E-state index is 6.12. The second kappa shape index (κ2) is 6.40.